The molecule has 0 amide bonds. The zero-order valence-electron chi connectivity index (χ0n) is 8.36. The van der Waals surface area contributed by atoms with E-state index in [-0.39, 0.29) is 0 Å². The molecule has 0 aliphatic heterocycles. The van der Waals surface area contributed by atoms with Gasteiger partial charge in [-0.15, -0.1) is 0 Å². The van der Waals surface area contributed by atoms with E-state index in [1.807, 2.05) is 20.0 Å². The van der Waals surface area contributed by atoms with E-state index in [1.165, 1.54) is 5.57 Å². The van der Waals surface area contributed by atoms with Gasteiger partial charge in [-0.1, -0.05) is 13.0 Å². The lowest BCUT2D eigenvalue weighted by molar-refractivity contribution is 0.952. The Morgan fingerprint density at radius 2 is 2.08 bits per heavy atom. The van der Waals surface area contributed by atoms with Gasteiger partial charge in [0.1, 0.15) is 0 Å². The Morgan fingerprint density at radius 1 is 1.50 bits per heavy atom. The minimum atomic E-state index is 0.576. The lowest BCUT2D eigenvalue weighted by Gasteiger charge is -2.08. The first-order chi connectivity index (χ1) is 5.65. The average Bonchev–Trinajstić information content (AvgIpc) is 2.04. The van der Waals surface area contributed by atoms with Gasteiger partial charge in [0.25, 0.3) is 0 Å². The van der Waals surface area contributed by atoms with Crippen LogP contribution in [0.3, 0.4) is 0 Å². The molecule has 0 heterocycles. The summed E-state index contributed by atoms with van der Waals surface area (Å²) in [5.41, 5.74) is 2.88. The lowest BCUT2D eigenvalue weighted by Crippen LogP contribution is -2.09. The molecule has 0 rings (SSSR count). The van der Waals surface area contributed by atoms with Gasteiger partial charge in [-0.25, -0.2) is 0 Å². The van der Waals surface area contributed by atoms with Gasteiger partial charge in [0, 0.05) is 18.5 Å². The van der Waals surface area contributed by atoms with Gasteiger partial charge < -0.3 is 10.7 Å². The van der Waals surface area contributed by atoms with Crippen molar-refractivity contribution in [2.24, 2.45) is 0 Å². The van der Waals surface area contributed by atoms with E-state index in [9.17, 15) is 0 Å². The van der Waals surface area contributed by atoms with Crippen molar-refractivity contribution in [3.05, 3.63) is 23.4 Å². The van der Waals surface area contributed by atoms with E-state index in [2.05, 4.69) is 18.3 Å². The summed E-state index contributed by atoms with van der Waals surface area (Å²) in [6, 6.07) is 0. The zero-order valence-corrected chi connectivity index (χ0v) is 8.36. The predicted molar refractivity (Wildman–Crippen MR) is 54.6 cm³/mol. The molecule has 0 spiro atoms. The molecule has 2 heteroatoms. The highest BCUT2D eigenvalue weighted by atomic mass is 14.8. The fourth-order valence-electron chi connectivity index (χ4n) is 1.09. The van der Waals surface area contributed by atoms with Crippen LogP contribution < -0.4 is 5.32 Å². The quantitative estimate of drug-likeness (QED) is 0.488. The van der Waals surface area contributed by atoms with Crippen LogP contribution in [-0.2, 0) is 0 Å². The summed E-state index contributed by atoms with van der Waals surface area (Å²) in [5, 5.41) is 10.4. The Balaban J connectivity index is 4.65. The molecular formula is C10H18N2. The van der Waals surface area contributed by atoms with Crippen molar-refractivity contribution >= 4 is 5.71 Å². The second kappa shape index (κ2) is 5.58. The number of hydrogen-bond acceptors (Lipinski definition) is 2. The third-order valence-corrected chi connectivity index (χ3v) is 1.71. The highest BCUT2D eigenvalue weighted by Crippen LogP contribution is 2.10. The van der Waals surface area contributed by atoms with Gasteiger partial charge in [0.05, 0.1) is 0 Å². The first-order valence-corrected chi connectivity index (χ1v) is 4.25. The molecule has 0 bridgehead atoms. The van der Waals surface area contributed by atoms with Crippen molar-refractivity contribution in [3.63, 3.8) is 0 Å². The highest BCUT2D eigenvalue weighted by molar-refractivity contribution is 5.91. The minimum Gasteiger partial charge on any atom is -0.388 e. The summed E-state index contributed by atoms with van der Waals surface area (Å²) < 4.78 is 0. The molecule has 0 aliphatic carbocycles. The van der Waals surface area contributed by atoms with Crippen LogP contribution in [0.2, 0.25) is 0 Å². The molecule has 0 radical (unpaired) electrons. The monoisotopic (exact) mass is 166 g/mol. The van der Waals surface area contributed by atoms with Crippen LogP contribution in [-0.4, -0.2) is 12.8 Å². The third-order valence-electron chi connectivity index (χ3n) is 1.71. The summed E-state index contributed by atoms with van der Waals surface area (Å²) in [6.45, 7) is 5.91. The zero-order chi connectivity index (χ0) is 9.56. The highest BCUT2D eigenvalue weighted by Gasteiger charge is 1.98. The molecule has 0 saturated carbocycles. The summed E-state index contributed by atoms with van der Waals surface area (Å²) in [5.74, 6) is 0. The van der Waals surface area contributed by atoms with Gasteiger partial charge in [-0.05, 0) is 31.9 Å². The molecule has 0 aliphatic rings. The number of nitrogens with one attached hydrogen (secondary N) is 2. The van der Waals surface area contributed by atoms with E-state index in [0.717, 1.165) is 12.1 Å². The number of likely N-dealkylation sites (N-methyl/N-ethyl adjacent to an activating group) is 1. The van der Waals surface area contributed by atoms with Crippen LogP contribution >= 0.6 is 0 Å². The molecule has 0 aromatic carbocycles. The molecule has 68 valence electrons. The summed E-state index contributed by atoms with van der Waals surface area (Å²) in [7, 11) is 1.88. The number of allylic oxidation sites excluding steroid dienone is 3. The van der Waals surface area contributed by atoms with Crippen LogP contribution in [0.25, 0.3) is 0 Å². The Bertz CT molecular complexity index is 212. The van der Waals surface area contributed by atoms with Crippen molar-refractivity contribution in [2.45, 2.75) is 27.2 Å². The second-order valence-electron chi connectivity index (χ2n) is 2.66. The summed E-state index contributed by atoms with van der Waals surface area (Å²) in [6.07, 6.45) is 4.92. The molecule has 0 atom stereocenters. The van der Waals surface area contributed by atoms with Crippen LogP contribution in [0.5, 0.6) is 0 Å². The second-order valence-corrected chi connectivity index (χ2v) is 2.66. The first-order valence-electron chi connectivity index (χ1n) is 4.25. The number of rotatable bonds is 4. The van der Waals surface area contributed by atoms with Crippen LogP contribution in [0.1, 0.15) is 27.2 Å². The Kier molecular flexibility index (Phi) is 5.09. The van der Waals surface area contributed by atoms with Gasteiger partial charge in [-0.2, -0.15) is 0 Å². The van der Waals surface area contributed by atoms with E-state index >= 15 is 0 Å². The first kappa shape index (κ1) is 11.0. The smallest absolute Gasteiger partial charge is 0.0384 e. The van der Waals surface area contributed by atoms with Gasteiger partial charge in [-0.3, -0.25) is 0 Å². The standard InChI is InChI=1S/C10H18N2/c1-5-9(6-2)10(12-4)7-8(3)11/h5,7,11-12H,6H2,1-4H3/b9-5+,10-7-,11-8?. The Labute approximate surface area is 74.9 Å². The molecular weight excluding hydrogens is 148 g/mol. The molecule has 0 unspecified atom stereocenters. The molecule has 0 saturated heterocycles. The average molecular weight is 166 g/mol. The Morgan fingerprint density at radius 3 is 2.33 bits per heavy atom. The normalized spacial score (nSPS) is 13.0. The van der Waals surface area contributed by atoms with Crippen molar-refractivity contribution in [3.8, 4) is 0 Å². The van der Waals surface area contributed by atoms with Crippen LogP contribution in [0.15, 0.2) is 23.4 Å². The molecule has 0 aromatic heterocycles. The maximum Gasteiger partial charge on any atom is 0.0384 e. The van der Waals surface area contributed by atoms with Crippen molar-refractivity contribution in [1.29, 1.82) is 5.41 Å². The van der Waals surface area contributed by atoms with Gasteiger partial charge in [0.2, 0.25) is 0 Å². The maximum atomic E-state index is 7.33. The topological polar surface area (TPSA) is 35.9 Å². The van der Waals surface area contributed by atoms with Crippen molar-refractivity contribution < 1.29 is 0 Å². The fraction of sp³-hybridized carbons (Fsp3) is 0.500. The maximum absolute atomic E-state index is 7.33. The molecule has 2 nitrogen and oxygen atoms in total. The van der Waals surface area contributed by atoms with E-state index in [4.69, 9.17) is 5.41 Å². The largest absolute Gasteiger partial charge is 0.388 e. The fourth-order valence-corrected chi connectivity index (χ4v) is 1.09. The van der Waals surface area contributed by atoms with Crippen LogP contribution in [0.4, 0.5) is 0 Å². The molecule has 0 fully saturated rings. The van der Waals surface area contributed by atoms with E-state index < -0.39 is 0 Å². The third kappa shape index (κ3) is 3.37. The minimum absolute atomic E-state index is 0.576. The molecule has 0 aromatic rings. The van der Waals surface area contributed by atoms with Crippen LogP contribution in [0, 0.1) is 5.41 Å². The summed E-state index contributed by atoms with van der Waals surface area (Å²) in [4.78, 5) is 0. The predicted octanol–water partition coefficient (Wildman–Crippen LogP) is 2.49. The van der Waals surface area contributed by atoms with Gasteiger partial charge in [0.15, 0.2) is 0 Å². The SMILES string of the molecule is C/C=C(CC)/C(=C/C(C)=N)NC. The van der Waals surface area contributed by atoms with Gasteiger partial charge >= 0.3 is 0 Å². The lowest BCUT2D eigenvalue weighted by atomic mass is 10.1. The summed E-state index contributed by atoms with van der Waals surface area (Å²) >= 11 is 0. The van der Waals surface area contributed by atoms with Crippen molar-refractivity contribution in [1.82, 2.24) is 5.32 Å². The number of hydrogen-bond donors (Lipinski definition) is 2. The van der Waals surface area contributed by atoms with Crippen molar-refractivity contribution in [2.75, 3.05) is 7.05 Å². The Hall–Kier alpha value is -1.05. The molecule has 2 N–H and O–H groups in total. The molecule has 12 heavy (non-hydrogen) atoms. The van der Waals surface area contributed by atoms with E-state index in [0.29, 0.717) is 5.71 Å². The van der Waals surface area contributed by atoms with E-state index in [1.54, 1.807) is 6.92 Å².